The molecule has 0 spiro atoms. The zero-order chi connectivity index (χ0) is 24.0. The highest BCUT2D eigenvalue weighted by molar-refractivity contribution is 6.33. The van der Waals surface area contributed by atoms with Gasteiger partial charge < -0.3 is 10.1 Å². The molecule has 174 valence electrons. The van der Waals surface area contributed by atoms with Crippen molar-refractivity contribution in [3.8, 4) is 0 Å². The van der Waals surface area contributed by atoms with Crippen LogP contribution in [-0.2, 0) is 32.0 Å². The molecule has 0 aliphatic carbocycles. The van der Waals surface area contributed by atoms with E-state index in [0.717, 1.165) is 34.7 Å². The van der Waals surface area contributed by atoms with E-state index in [1.54, 1.807) is 18.2 Å². The van der Waals surface area contributed by atoms with E-state index < -0.39 is 36.2 Å². The van der Waals surface area contributed by atoms with Crippen molar-refractivity contribution in [2.45, 2.75) is 33.1 Å². The molecule has 3 amide bonds. The number of benzene rings is 2. The highest BCUT2D eigenvalue weighted by Gasteiger charge is 2.37. The van der Waals surface area contributed by atoms with E-state index in [2.05, 4.69) is 10.7 Å². The lowest BCUT2D eigenvalue weighted by molar-refractivity contribution is -0.151. The van der Waals surface area contributed by atoms with E-state index in [9.17, 15) is 19.2 Å². The molecule has 1 fully saturated rings. The van der Waals surface area contributed by atoms with Gasteiger partial charge in [-0.3, -0.25) is 29.6 Å². The first-order valence-electron chi connectivity index (χ1n) is 10.8. The van der Waals surface area contributed by atoms with Crippen molar-refractivity contribution < 1.29 is 23.9 Å². The summed E-state index contributed by atoms with van der Waals surface area (Å²) in [6.45, 7) is 3.49. The molecule has 2 aromatic rings. The molecule has 0 unspecified atom stereocenters. The number of hydrogen-bond donors (Lipinski definition) is 2. The summed E-state index contributed by atoms with van der Waals surface area (Å²) in [5, 5.41) is 4.15. The standard InChI is InChI=1S/C24H26ClN3O5/c1-3-15-8-7-9-16(4-2)22(15)26-20(29)14-33-24(32)17-12-21(30)28(13-17)27-23(31)18-10-5-6-11-19(18)25/h5-11,17H,3-4,12-14H2,1-2H3,(H,26,29)(H,27,31)/t17-/m1/s1. The fourth-order valence-corrected chi connectivity index (χ4v) is 3.86. The van der Waals surface area contributed by atoms with Crippen LogP contribution in [0.2, 0.25) is 5.02 Å². The lowest BCUT2D eigenvalue weighted by atomic mass is 10.0. The molecule has 8 nitrogen and oxygen atoms in total. The fourth-order valence-electron chi connectivity index (χ4n) is 3.63. The van der Waals surface area contributed by atoms with Gasteiger partial charge in [0.2, 0.25) is 5.91 Å². The predicted octanol–water partition coefficient (Wildman–Crippen LogP) is 3.14. The van der Waals surface area contributed by atoms with Crippen molar-refractivity contribution >= 4 is 41.0 Å². The van der Waals surface area contributed by atoms with Crippen LogP contribution in [0.15, 0.2) is 42.5 Å². The molecular formula is C24H26ClN3O5. The first-order valence-corrected chi connectivity index (χ1v) is 11.1. The first kappa shape index (κ1) is 24.3. The molecule has 0 bridgehead atoms. The Morgan fingerprint density at radius 2 is 1.73 bits per heavy atom. The number of amides is 3. The van der Waals surface area contributed by atoms with Gasteiger partial charge in [0.25, 0.3) is 11.8 Å². The Bertz CT molecular complexity index is 1050. The van der Waals surface area contributed by atoms with Crippen LogP contribution in [0.25, 0.3) is 0 Å². The molecule has 0 saturated carbocycles. The normalized spacial score (nSPS) is 15.3. The molecular weight excluding hydrogens is 446 g/mol. The molecule has 0 aromatic heterocycles. The van der Waals surface area contributed by atoms with E-state index in [4.69, 9.17) is 16.3 Å². The second kappa shape index (κ2) is 11.0. The summed E-state index contributed by atoms with van der Waals surface area (Å²) < 4.78 is 5.15. The number of ether oxygens (including phenoxy) is 1. The van der Waals surface area contributed by atoms with Crippen LogP contribution in [0.4, 0.5) is 5.69 Å². The van der Waals surface area contributed by atoms with Gasteiger partial charge in [0.1, 0.15) is 0 Å². The summed E-state index contributed by atoms with van der Waals surface area (Å²) in [7, 11) is 0. The van der Waals surface area contributed by atoms with Gasteiger partial charge in [0, 0.05) is 12.1 Å². The van der Waals surface area contributed by atoms with Gasteiger partial charge in [-0.05, 0) is 36.1 Å². The lowest BCUT2D eigenvalue weighted by Gasteiger charge is -2.18. The number of nitrogens with zero attached hydrogens (tertiary/aromatic N) is 1. The van der Waals surface area contributed by atoms with E-state index in [0.29, 0.717) is 0 Å². The molecule has 0 radical (unpaired) electrons. The topological polar surface area (TPSA) is 105 Å². The van der Waals surface area contributed by atoms with Gasteiger partial charge in [0.15, 0.2) is 6.61 Å². The van der Waals surface area contributed by atoms with E-state index >= 15 is 0 Å². The Balaban J connectivity index is 1.53. The number of carbonyl (C=O) groups is 4. The van der Waals surface area contributed by atoms with Gasteiger partial charge in [-0.25, -0.2) is 0 Å². The SMILES string of the molecule is CCc1cccc(CC)c1NC(=O)COC(=O)[C@@H]1CC(=O)N(NC(=O)c2ccccc2Cl)C1. The Morgan fingerprint density at radius 3 is 2.36 bits per heavy atom. The van der Waals surface area contributed by atoms with Crippen molar-refractivity contribution in [3.05, 3.63) is 64.2 Å². The summed E-state index contributed by atoms with van der Waals surface area (Å²) in [6.07, 6.45) is 1.38. The van der Waals surface area contributed by atoms with E-state index in [1.165, 1.54) is 6.07 Å². The maximum atomic E-state index is 12.4. The number of aryl methyl sites for hydroxylation is 2. The molecule has 2 N–H and O–H groups in total. The molecule has 33 heavy (non-hydrogen) atoms. The number of anilines is 1. The maximum Gasteiger partial charge on any atom is 0.311 e. The second-order valence-corrected chi connectivity index (χ2v) is 8.05. The summed E-state index contributed by atoms with van der Waals surface area (Å²) in [5.74, 6) is -2.89. The molecule has 1 heterocycles. The van der Waals surface area contributed by atoms with Crippen LogP contribution in [0.3, 0.4) is 0 Å². The minimum atomic E-state index is -0.786. The molecule has 3 rings (SSSR count). The van der Waals surface area contributed by atoms with Crippen molar-refractivity contribution in [2.75, 3.05) is 18.5 Å². The van der Waals surface area contributed by atoms with Crippen molar-refractivity contribution in [3.63, 3.8) is 0 Å². The van der Waals surface area contributed by atoms with Crippen molar-refractivity contribution in [1.29, 1.82) is 0 Å². The van der Waals surface area contributed by atoms with Crippen LogP contribution in [0, 0.1) is 5.92 Å². The summed E-state index contributed by atoms with van der Waals surface area (Å²) in [4.78, 5) is 49.5. The Labute approximate surface area is 197 Å². The Hall–Kier alpha value is -3.39. The number of halogens is 1. The summed E-state index contributed by atoms with van der Waals surface area (Å²) >= 11 is 6.01. The quantitative estimate of drug-likeness (QED) is 0.575. The third kappa shape index (κ3) is 5.90. The number of esters is 1. The zero-order valence-corrected chi connectivity index (χ0v) is 19.3. The highest BCUT2D eigenvalue weighted by Crippen LogP contribution is 2.23. The average molecular weight is 472 g/mol. The number of nitrogens with one attached hydrogen (secondary N) is 2. The molecule has 9 heteroatoms. The molecule has 1 aliphatic heterocycles. The number of carbonyl (C=O) groups excluding carboxylic acids is 4. The van der Waals surface area contributed by atoms with Crippen LogP contribution in [0.1, 0.15) is 41.8 Å². The molecule has 2 aromatic carbocycles. The van der Waals surface area contributed by atoms with Gasteiger partial charge in [-0.15, -0.1) is 0 Å². The van der Waals surface area contributed by atoms with Crippen LogP contribution >= 0.6 is 11.6 Å². The first-order chi connectivity index (χ1) is 15.8. The number of rotatable bonds is 8. The van der Waals surface area contributed by atoms with Crippen molar-refractivity contribution in [2.24, 2.45) is 5.92 Å². The van der Waals surface area contributed by atoms with Gasteiger partial charge >= 0.3 is 5.97 Å². The third-order valence-corrected chi connectivity index (χ3v) is 5.75. The Morgan fingerprint density at radius 1 is 1.06 bits per heavy atom. The largest absolute Gasteiger partial charge is 0.455 e. The van der Waals surface area contributed by atoms with Crippen LogP contribution < -0.4 is 10.7 Å². The summed E-state index contributed by atoms with van der Waals surface area (Å²) in [5.41, 5.74) is 5.43. The van der Waals surface area contributed by atoms with Crippen LogP contribution in [0.5, 0.6) is 0 Å². The number of hydrogen-bond acceptors (Lipinski definition) is 5. The molecule has 1 aliphatic rings. The van der Waals surface area contributed by atoms with Gasteiger partial charge in [0.05, 0.1) is 23.0 Å². The Kier molecular flexibility index (Phi) is 8.06. The third-order valence-electron chi connectivity index (χ3n) is 5.42. The molecule has 1 atom stereocenters. The smallest absolute Gasteiger partial charge is 0.311 e. The van der Waals surface area contributed by atoms with E-state index in [1.807, 2.05) is 32.0 Å². The van der Waals surface area contributed by atoms with E-state index in [-0.39, 0.29) is 23.6 Å². The van der Waals surface area contributed by atoms with Crippen LogP contribution in [-0.4, -0.2) is 41.9 Å². The number of para-hydroxylation sites is 1. The highest BCUT2D eigenvalue weighted by atomic mass is 35.5. The predicted molar refractivity (Wildman–Crippen MR) is 124 cm³/mol. The average Bonchev–Trinajstić information content (AvgIpc) is 3.17. The zero-order valence-electron chi connectivity index (χ0n) is 18.5. The van der Waals surface area contributed by atoms with Gasteiger partial charge in [-0.1, -0.05) is 55.8 Å². The minimum Gasteiger partial charge on any atom is -0.455 e. The molecule has 1 saturated heterocycles. The fraction of sp³-hybridized carbons (Fsp3) is 0.333. The monoisotopic (exact) mass is 471 g/mol. The minimum absolute atomic E-state index is 0.0475. The summed E-state index contributed by atoms with van der Waals surface area (Å²) in [6, 6.07) is 12.3. The maximum absolute atomic E-state index is 12.4. The van der Waals surface area contributed by atoms with Crippen molar-refractivity contribution in [1.82, 2.24) is 10.4 Å². The number of hydrazine groups is 1. The van der Waals surface area contributed by atoms with Gasteiger partial charge in [-0.2, -0.15) is 0 Å². The second-order valence-electron chi connectivity index (χ2n) is 7.64. The lowest BCUT2D eigenvalue weighted by Crippen LogP contribution is -2.43.